The van der Waals surface area contributed by atoms with Crippen LogP contribution in [-0.4, -0.2) is 40.7 Å². The second-order valence-corrected chi connectivity index (χ2v) is 5.67. The second-order valence-electron chi connectivity index (χ2n) is 4.39. The Morgan fingerprint density at radius 1 is 1.47 bits per heavy atom. The third kappa shape index (κ3) is 4.46. The topological polar surface area (TPSA) is 78.4 Å². The van der Waals surface area contributed by atoms with Gasteiger partial charge in [-0.05, 0) is 25.5 Å². The van der Waals surface area contributed by atoms with Gasteiger partial charge in [0.15, 0.2) is 0 Å². The van der Waals surface area contributed by atoms with Gasteiger partial charge in [-0.25, -0.2) is 9.59 Å². The first-order valence-corrected chi connectivity index (χ1v) is 7.08. The van der Waals surface area contributed by atoms with Crippen LogP contribution in [0.3, 0.4) is 0 Å². The highest BCUT2D eigenvalue weighted by Gasteiger charge is 2.42. The summed E-state index contributed by atoms with van der Waals surface area (Å²) in [5.41, 5.74) is 0. The summed E-state index contributed by atoms with van der Waals surface area (Å²) in [4.78, 5) is 22.4. The van der Waals surface area contributed by atoms with Crippen molar-refractivity contribution < 1.29 is 14.7 Å². The molecule has 1 unspecified atom stereocenters. The minimum Gasteiger partial charge on any atom is -0.480 e. The van der Waals surface area contributed by atoms with Crippen LogP contribution in [0.5, 0.6) is 0 Å². The van der Waals surface area contributed by atoms with Crippen molar-refractivity contribution in [2.45, 2.75) is 43.4 Å². The van der Waals surface area contributed by atoms with E-state index in [0.717, 1.165) is 19.3 Å². The fraction of sp³-hybridized carbons (Fsp3) is 0.818. The van der Waals surface area contributed by atoms with Gasteiger partial charge in [-0.2, -0.15) is 11.8 Å². The third-order valence-electron chi connectivity index (χ3n) is 2.99. The molecule has 1 rings (SSSR count). The molecule has 0 aromatic rings. The standard InChI is InChI=1S/C11H20N2O3S/c1-3-4-8(9(14)15)13-10(16)12-7-11(17-2)5-6-11/h8H,3-7H2,1-2H3,(H,14,15)(H2,12,13,16). The van der Waals surface area contributed by atoms with Crippen LogP contribution < -0.4 is 10.6 Å². The molecule has 0 bridgehead atoms. The fourth-order valence-corrected chi connectivity index (χ4v) is 2.32. The Kier molecular flexibility index (Phi) is 5.11. The zero-order valence-corrected chi connectivity index (χ0v) is 11.1. The molecule has 3 N–H and O–H groups in total. The van der Waals surface area contributed by atoms with Crippen molar-refractivity contribution in [1.82, 2.24) is 10.6 Å². The number of aliphatic carboxylic acids is 1. The number of carbonyl (C=O) groups excluding carboxylic acids is 1. The van der Waals surface area contributed by atoms with Crippen LogP contribution in [0.25, 0.3) is 0 Å². The molecular weight excluding hydrogens is 240 g/mol. The maximum Gasteiger partial charge on any atom is 0.326 e. The summed E-state index contributed by atoms with van der Waals surface area (Å²) in [5.74, 6) is -0.979. The van der Waals surface area contributed by atoms with E-state index in [-0.39, 0.29) is 10.8 Å². The average Bonchev–Trinajstić information content (AvgIpc) is 3.06. The molecule has 0 radical (unpaired) electrons. The molecule has 0 aromatic heterocycles. The van der Waals surface area contributed by atoms with E-state index in [0.29, 0.717) is 13.0 Å². The fourth-order valence-electron chi connectivity index (χ4n) is 1.59. The van der Waals surface area contributed by atoms with Gasteiger partial charge in [0.1, 0.15) is 6.04 Å². The van der Waals surface area contributed by atoms with Gasteiger partial charge in [0.2, 0.25) is 0 Å². The quantitative estimate of drug-likeness (QED) is 0.647. The normalized spacial score (nSPS) is 18.2. The summed E-state index contributed by atoms with van der Waals surface area (Å²) in [6, 6.07) is -1.17. The van der Waals surface area contributed by atoms with Gasteiger partial charge < -0.3 is 15.7 Å². The molecule has 1 aliphatic carbocycles. The van der Waals surface area contributed by atoms with Gasteiger partial charge in [0.05, 0.1) is 0 Å². The molecule has 0 aliphatic heterocycles. The van der Waals surface area contributed by atoms with E-state index >= 15 is 0 Å². The number of rotatable bonds is 7. The lowest BCUT2D eigenvalue weighted by atomic mass is 10.2. The van der Waals surface area contributed by atoms with E-state index in [4.69, 9.17) is 5.11 Å². The van der Waals surface area contributed by atoms with Crippen molar-refractivity contribution in [3.8, 4) is 0 Å². The number of carboxylic acid groups (broad SMARTS) is 1. The van der Waals surface area contributed by atoms with Gasteiger partial charge in [-0.3, -0.25) is 0 Å². The van der Waals surface area contributed by atoms with E-state index in [1.807, 2.05) is 13.2 Å². The minimum absolute atomic E-state index is 0.195. The zero-order chi connectivity index (χ0) is 12.9. The van der Waals surface area contributed by atoms with Crippen molar-refractivity contribution in [2.24, 2.45) is 0 Å². The molecular formula is C11H20N2O3S. The van der Waals surface area contributed by atoms with E-state index in [1.54, 1.807) is 11.8 Å². The predicted octanol–water partition coefficient (Wildman–Crippen LogP) is 1.43. The molecule has 1 fully saturated rings. The number of nitrogens with one attached hydrogen (secondary N) is 2. The van der Waals surface area contributed by atoms with Crippen LogP contribution in [0, 0.1) is 0 Å². The van der Waals surface area contributed by atoms with Gasteiger partial charge >= 0.3 is 12.0 Å². The molecule has 6 heteroatoms. The average molecular weight is 260 g/mol. The number of hydrogen-bond donors (Lipinski definition) is 3. The monoisotopic (exact) mass is 260 g/mol. The highest BCUT2D eigenvalue weighted by molar-refractivity contribution is 8.00. The number of carboxylic acids is 1. The predicted molar refractivity (Wildman–Crippen MR) is 68.3 cm³/mol. The van der Waals surface area contributed by atoms with Crippen LogP contribution in [0.1, 0.15) is 32.6 Å². The first-order chi connectivity index (χ1) is 8.03. The van der Waals surface area contributed by atoms with Gasteiger partial charge in [-0.15, -0.1) is 0 Å². The summed E-state index contributed by atoms with van der Waals surface area (Å²) in [6.45, 7) is 2.50. The Hall–Kier alpha value is -0.910. The summed E-state index contributed by atoms with van der Waals surface area (Å²) in [7, 11) is 0. The molecule has 1 aliphatic rings. The molecule has 0 saturated heterocycles. The Bertz CT molecular complexity index is 292. The summed E-state index contributed by atoms with van der Waals surface area (Å²) in [6.07, 6.45) is 5.45. The third-order valence-corrected chi connectivity index (χ3v) is 4.41. The number of amides is 2. The Balaban J connectivity index is 2.29. The Morgan fingerprint density at radius 2 is 2.12 bits per heavy atom. The Labute approximate surface area is 106 Å². The number of carbonyl (C=O) groups is 2. The SMILES string of the molecule is CCCC(NC(=O)NCC1(SC)CC1)C(=O)O. The number of thioether (sulfide) groups is 1. The second kappa shape index (κ2) is 6.14. The molecule has 0 spiro atoms. The highest BCUT2D eigenvalue weighted by Crippen LogP contribution is 2.46. The van der Waals surface area contributed by atoms with Crippen molar-refractivity contribution in [3.63, 3.8) is 0 Å². The molecule has 1 atom stereocenters. The molecule has 0 heterocycles. The van der Waals surface area contributed by atoms with Crippen LogP contribution in [0.15, 0.2) is 0 Å². The molecule has 1 saturated carbocycles. The largest absolute Gasteiger partial charge is 0.480 e. The minimum atomic E-state index is -0.979. The first kappa shape index (κ1) is 14.2. The lowest BCUT2D eigenvalue weighted by molar-refractivity contribution is -0.139. The highest BCUT2D eigenvalue weighted by atomic mass is 32.2. The maximum absolute atomic E-state index is 11.5. The first-order valence-electron chi connectivity index (χ1n) is 5.85. The van der Waals surface area contributed by atoms with Gasteiger partial charge in [0, 0.05) is 11.3 Å². The number of hydrogen-bond acceptors (Lipinski definition) is 3. The lowest BCUT2D eigenvalue weighted by Crippen LogP contribution is -2.47. The Morgan fingerprint density at radius 3 is 2.53 bits per heavy atom. The van der Waals surface area contributed by atoms with Crippen molar-refractivity contribution in [3.05, 3.63) is 0 Å². The molecule has 0 aromatic carbocycles. The van der Waals surface area contributed by atoms with Crippen LogP contribution in [-0.2, 0) is 4.79 Å². The van der Waals surface area contributed by atoms with Gasteiger partial charge in [-0.1, -0.05) is 13.3 Å². The van der Waals surface area contributed by atoms with Crippen molar-refractivity contribution >= 4 is 23.8 Å². The van der Waals surface area contributed by atoms with E-state index in [2.05, 4.69) is 10.6 Å². The summed E-state index contributed by atoms with van der Waals surface area (Å²) >= 11 is 1.76. The zero-order valence-electron chi connectivity index (χ0n) is 10.3. The van der Waals surface area contributed by atoms with Crippen LogP contribution in [0.4, 0.5) is 4.79 Å². The van der Waals surface area contributed by atoms with Crippen LogP contribution in [0.2, 0.25) is 0 Å². The van der Waals surface area contributed by atoms with Crippen molar-refractivity contribution in [2.75, 3.05) is 12.8 Å². The number of urea groups is 1. The van der Waals surface area contributed by atoms with Crippen molar-refractivity contribution in [1.29, 1.82) is 0 Å². The van der Waals surface area contributed by atoms with E-state index in [1.165, 1.54) is 0 Å². The molecule has 2 amide bonds. The lowest BCUT2D eigenvalue weighted by Gasteiger charge is -2.17. The summed E-state index contributed by atoms with van der Waals surface area (Å²) in [5, 5.41) is 14.1. The summed E-state index contributed by atoms with van der Waals surface area (Å²) < 4.78 is 0.195. The van der Waals surface area contributed by atoms with E-state index in [9.17, 15) is 9.59 Å². The van der Waals surface area contributed by atoms with Gasteiger partial charge in [0.25, 0.3) is 0 Å². The molecule has 5 nitrogen and oxygen atoms in total. The van der Waals surface area contributed by atoms with E-state index < -0.39 is 12.0 Å². The maximum atomic E-state index is 11.5. The smallest absolute Gasteiger partial charge is 0.326 e. The van der Waals surface area contributed by atoms with Crippen LogP contribution >= 0.6 is 11.8 Å². The molecule has 17 heavy (non-hydrogen) atoms. The molecule has 98 valence electrons.